The summed E-state index contributed by atoms with van der Waals surface area (Å²) in [4.78, 5) is 20.2. The van der Waals surface area contributed by atoms with Gasteiger partial charge in [0.1, 0.15) is 36.6 Å². The molecule has 0 aromatic rings. The molecule has 14 nitrogen and oxygen atoms in total. The molecule has 0 unspecified atom stereocenters. The SMILES string of the molecule is O=C(O)[C@H](O)[C@@H](O)[C@H](O)[C@H](O)CO.O=C(O)[C@H](O)[C@@H](O)[C@H](O)[C@H](O)CO.[Cu]. The van der Waals surface area contributed by atoms with Gasteiger partial charge in [-0.2, -0.15) is 0 Å². The number of carboxylic acid groups (broad SMARTS) is 2. The summed E-state index contributed by atoms with van der Waals surface area (Å²) in [6, 6.07) is 0. The van der Waals surface area contributed by atoms with Gasteiger partial charge in [-0.15, -0.1) is 0 Å². The fraction of sp³-hybridized carbons (Fsp3) is 0.833. The first-order valence-corrected chi connectivity index (χ1v) is 6.95. The minimum absolute atomic E-state index is 0. The summed E-state index contributed by atoms with van der Waals surface area (Å²) >= 11 is 0. The van der Waals surface area contributed by atoms with Gasteiger partial charge >= 0.3 is 11.9 Å². The Labute approximate surface area is 162 Å². The molecule has 27 heavy (non-hydrogen) atoms. The molecule has 0 heterocycles. The van der Waals surface area contributed by atoms with Gasteiger partial charge in [0.25, 0.3) is 0 Å². The van der Waals surface area contributed by atoms with Crippen molar-refractivity contribution in [2.24, 2.45) is 0 Å². The molecule has 0 bridgehead atoms. The Kier molecular flexibility index (Phi) is 17.1. The smallest absolute Gasteiger partial charge is 0.335 e. The van der Waals surface area contributed by atoms with Crippen LogP contribution in [0, 0.1) is 0 Å². The molecule has 0 rings (SSSR count). The Balaban J connectivity index is -0.000000411. The van der Waals surface area contributed by atoms with E-state index in [0.717, 1.165) is 0 Å². The van der Waals surface area contributed by atoms with Gasteiger partial charge in [-0.05, 0) is 0 Å². The molecule has 0 amide bonds. The first kappa shape index (κ1) is 30.8. The van der Waals surface area contributed by atoms with Crippen molar-refractivity contribution in [1.29, 1.82) is 0 Å². The maximum Gasteiger partial charge on any atom is 0.335 e. The fourth-order valence-corrected chi connectivity index (χ4v) is 1.34. The van der Waals surface area contributed by atoms with Gasteiger partial charge in [0.05, 0.1) is 13.2 Å². The Hall–Kier alpha value is -0.941. The molecule has 12 N–H and O–H groups in total. The van der Waals surface area contributed by atoms with Crippen molar-refractivity contribution >= 4 is 11.9 Å². The molecule has 15 heteroatoms. The molecule has 0 aromatic heterocycles. The molecule has 0 spiro atoms. The van der Waals surface area contributed by atoms with E-state index in [1.807, 2.05) is 0 Å². The maximum absolute atomic E-state index is 10.1. The van der Waals surface area contributed by atoms with E-state index in [-0.39, 0.29) is 17.1 Å². The third-order valence-electron chi connectivity index (χ3n) is 3.02. The van der Waals surface area contributed by atoms with E-state index in [1.54, 1.807) is 0 Å². The topological polar surface area (TPSA) is 277 Å². The van der Waals surface area contributed by atoms with Crippen molar-refractivity contribution in [3.05, 3.63) is 0 Å². The van der Waals surface area contributed by atoms with Gasteiger partial charge in [0, 0.05) is 17.1 Å². The maximum atomic E-state index is 10.1. The van der Waals surface area contributed by atoms with Gasteiger partial charge in [-0.25, -0.2) is 9.59 Å². The van der Waals surface area contributed by atoms with Crippen LogP contribution >= 0.6 is 0 Å². The Morgan fingerprint density at radius 2 is 0.778 bits per heavy atom. The number of aliphatic hydroxyl groups is 10. The van der Waals surface area contributed by atoms with E-state index < -0.39 is 74.0 Å². The van der Waals surface area contributed by atoms with Crippen LogP contribution in [0.1, 0.15) is 0 Å². The summed E-state index contributed by atoms with van der Waals surface area (Å²) in [6.45, 7) is -1.69. The van der Waals surface area contributed by atoms with Crippen LogP contribution in [0.5, 0.6) is 0 Å². The molecule has 8 atom stereocenters. The number of hydrogen-bond acceptors (Lipinski definition) is 12. The number of rotatable bonds is 10. The van der Waals surface area contributed by atoms with Crippen LogP contribution in [-0.2, 0) is 26.7 Å². The van der Waals surface area contributed by atoms with Gasteiger partial charge in [0.2, 0.25) is 0 Å². The van der Waals surface area contributed by atoms with Gasteiger partial charge in [-0.1, -0.05) is 0 Å². The Morgan fingerprint density at radius 1 is 0.556 bits per heavy atom. The number of carbonyl (C=O) groups is 2. The zero-order valence-electron chi connectivity index (χ0n) is 13.5. The first-order chi connectivity index (χ1) is 11.8. The van der Waals surface area contributed by atoms with Crippen LogP contribution in [0.3, 0.4) is 0 Å². The standard InChI is InChI=1S/2C6H12O7.Cu/c2*7-1-2(8)3(9)4(10)5(11)6(12)13;/h2*2-5,7-11H,1H2,(H,12,13);/t2*2-,3-,4+,5-;/m11./s1. The fourth-order valence-electron chi connectivity index (χ4n) is 1.34. The van der Waals surface area contributed by atoms with E-state index in [9.17, 15) is 9.59 Å². The van der Waals surface area contributed by atoms with E-state index in [0.29, 0.717) is 0 Å². The largest absolute Gasteiger partial charge is 0.479 e. The van der Waals surface area contributed by atoms with Crippen molar-refractivity contribution in [2.75, 3.05) is 13.2 Å². The van der Waals surface area contributed by atoms with Crippen LogP contribution in [-0.4, -0.2) is 135 Å². The second-order valence-electron chi connectivity index (χ2n) is 5.03. The molecule has 0 saturated heterocycles. The van der Waals surface area contributed by atoms with Crippen molar-refractivity contribution < 1.29 is 87.9 Å². The second-order valence-corrected chi connectivity index (χ2v) is 5.03. The van der Waals surface area contributed by atoms with Crippen LogP contribution in [0.2, 0.25) is 0 Å². The monoisotopic (exact) mass is 455 g/mol. The Bertz CT molecular complexity index is 385. The summed E-state index contributed by atoms with van der Waals surface area (Å²) in [5, 5.41) is 104. The minimum Gasteiger partial charge on any atom is -0.479 e. The van der Waals surface area contributed by atoms with Crippen molar-refractivity contribution in [1.82, 2.24) is 0 Å². The van der Waals surface area contributed by atoms with Crippen molar-refractivity contribution in [3.63, 3.8) is 0 Å². The number of hydrogen-bond donors (Lipinski definition) is 12. The van der Waals surface area contributed by atoms with E-state index in [2.05, 4.69) is 0 Å². The summed E-state index contributed by atoms with van der Waals surface area (Å²) in [6.07, 6.45) is -15.7. The van der Waals surface area contributed by atoms with E-state index in [1.165, 1.54) is 0 Å². The average Bonchev–Trinajstić information content (AvgIpc) is 2.62. The third-order valence-corrected chi connectivity index (χ3v) is 3.02. The molecule has 167 valence electrons. The first-order valence-electron chi connectivity index (χ1n) is 6.95. The summed E-state index contributed by atoms with van der Waals surface area (Å²) in [5.74, 6) is -3.45. The second kappa shape index (κ2) is 15.0. The number of carboxylic acids is 2. The number of aliphatic hydroxyl groups excluding tert-OH is 10. The minimum atomic E-state index is -2.20. The summed E-state index contributed by atoms with van der Waals surface area (Å²) < 4.78 is 0. The number of aliphatic carboxylic acids is 2. The molecular formula is C12H24CuO14. The van der Waals surface area contributed by atoms with Crippen molar-refractivity contribution in [2.45, 2.75) is 48.8 Å². The van der Waals surface area contributed by atoms with Gasteiger partial charge in [0.15, 0.2) is 12.2 Å². The summed E-state index contributed by atoms with van der Waals surface area (Å²) in [7, 11) is 0. The van der Waals surface area contributed by atoms with Gasteiger partial charge in [-0.3, -0.25) is 0 Å². The zero-order chi connectivity index (χ0) is 21.2. The molecule has 0 fully saturated rings. The molecule has 0 aromatic carbocycles. The predicted molar refractivity (Wildman–Crippen MR) is 77.5 cm³/mol. The van der Waals surface area contributed by atoms with E-state index >= 15 is 0 Å². The van der Waals surface area contributed by atoms with Crippen LogP contribution < -0.4 is 0 Å². The molecule has 0 aliphatic heterocycles. The van der Waals surface area contributed by atoms with Crippen LogP contribution in [0.25, 0.3) is 0 Å². The average molecular weight is 456 g/mol. The molecule has 1 radical (unpaired) electrons. The predicted octanol–water partition coefficient (Wildman–Crippen LogP) is -6.99. The normalized spacial score (nSPS) is 19.6. The Morgan fingerprint density at radius 3 is 0.926 bits per heavy atom. The quantitative estimate of drug-likeness (QED) is 0.136. The van der Waals surface area contributed by atoms with Gasteiger partial charge < -0.3 is 61.3 Å². The molecule has 0 saturated carbocycles. The van der Waals surface area contributed by atoms with Crippen molar-refractivity contribution in [3.8, 4) is 0 Å². The molecule has 0 aliphatic rings. The molecular weight excluding hydrogens is 432 g/mol. The molecule has 0 aliphatic carbocycles. The zero-order valence-corrected chi connectivity index (χ0v) is 14.5. The van der Waals surface area contributed by atoms with E-state index in [4.69, 9.17) is 61.3 Å². The van der Waals surface area contributed by atoms with Crippen LogP contribution in [0.4, 0.5) is 0 Å². The third kappa shape index (κ3) is 10.8. The summed E-state index contributed by atoms with van der Waals surface area (Å²) in [5.41, 5.74) is 0. The van der Waals surface area contributed by atoms with Crippen LogP contribution in [0.15, 0.2) is 0 Å².